The number of aromatic carboxylic acids is 1. The van der Waals surface area contributed by atoms with Crippen LogP contribution in [0.3, 0.4) is 0 Å². The Balaban J connectivity index is 1.81. The van der Waals surface area contributed by atoms with Crippen molar-refractivity contribution in [3.63, 3.8) is 0 Å². The van der Waals surface area contributed by atoms with Crippen molar-refractivity contribution in [2.75, 3.05) is 0 Å². The second-order valence-corrected chi connectivity index (χ2v) is 7.54. The molecular weight excluding hydrogens is 463 g/mol. The summed E-state index contributed by atoms with van der Waals surface area (Å²) in [5.41, 5.74) is 1.93. The van der Waals surface area contributed by atoms with Crippen molar-refractivity contribution in [3.8, 4) is 16.9 Å². The minimum absolute atomic E-state index is 0.0954. The van der Waals surface area contributed by atoms with Crippen molar-refractivity contribution < 1.29 is 23.1 Å². The molecule has 2 heterocycles. The van der Waals surface area contributed by atoms with E-state index in [0.29, 0.717) is 33.5 Å². The number of alkyl halides is 3. The Morgan fingerprint density at radius 2 is 1.80 bits per heavy atom. The Labute approximate surface area is 176 Å². The summed E-state index contributed by atoms with van der Waals surface area (Å²) in [7, 11) is 0. The van der Waals surface area contributed by atoms with Crippen LogP contribution in [-0.2, 0) is 6.18 Å². The van der Waals surface area contributed by atoms with Crippen molar-refractivity contribution in [1.29, 1.82) is 0 Å². The lowest BCUT2D eigenvalue weighted by Gasteiger charge is -2.10. The molecule has 0 atom stereocenters. The maximum Gasteiger partial charge on any atom is 0.416 e. The van der Waals surface area contributed by atoms with Gasteiger partial charge in [-0.25, -0.2) is 14.5 Å². The molecule has 2 aromatic heterocycles. The zero-order valence-electron chi connectivity index (χ0n) is 15.4. The summed E-state index contributed by atoms with van der Waals surface area (Å²) in [4.78, 5) is 16.3. The minimum atomic E-state index is -4.42. The summed E-state index contributed by atoms with van der Waals surface area (Å²) in [5.74, 6) is -1.09. The van der Waals surface area contributed by atoms with Gasteiger partial charge in [-0.3, -0.25) is 0 Å². The summed E-state index contributed by atoms with van der Waals surface area (Å²) < 4.78 is 40.6. The zero-order chi connectivity index (χ0) is 21.6. The van der Waals surface area contributed by atoms with Crippen LogP contribution < -0.4 is 0 Å². The molecule has 0 bridgehead atoms. The summed E-state index contributed by atoms with van der Waals surface area (Å²) in [6.07, 6.45) is -2.90. The first-order chi connectivity index (χ1) is 14.1. The van der Waals surface area contributed by atoms with Crippen LogP contribution in [0.5, 0.6) is 0 Å². The number of nitrogens with zero attached hydrogens (tertiary/aromatic N) is 3. The molecule has 0 saturated carbocycles. The van der Waals surface area contributed by atoms with Crippen LogP contribution in [0, 0.1) is 6.92 Å². The lowest BCUT2D eigenvalue weighted by atomic mass is 10.0. The molecule has 0 amide bonds. The van der Waals surface area contributed by atoms with Crippen LogP contribution in [0.4, 0.5) is 13.2 Å². The molecule has 0 unspecified atom stereocenters. The second-order valence-electron chi connectivity index (χ2n) is 6.62. The number of carboxylic acid groups (broad SMARTS) is 1. The molecule has 4 rings (SSSR count). The van der Waals surface area contributed by atoms with Gasteiger partial charge in [0.25, 0.3) is 0 Å². The molecule has 1 N–H and O–H groups in total. The second kappa shape index (κ2) is 7.24. The molecule has 5 nitrogen and oxygen atoms in total. The van der Waals surface area contributed by atoms with E-state index < -0.39 is 17.7 Å². The predicted molar refractivity (Wildman–Crippen MR) is 109 cm³/mol. The Kier molecular flexibility index (Phi) is 4.85. The number of benzene rings is 2. The first-order valence-corrected chi connectivity index (χ1v) is 9.50. The maximum absolute atomic E-state index is 12.8. The van der Waals surface area contributed by atoms with Gasteiger partial charge in [-0.15, -0.1) is 0 Å². The van der Waals surface area contributed by atoms with Crippen molar-refractivity contribution in [2.24, 2.45) is 0 Å². The largest absolute Gasteiger partial charge is 0.478 e. The zero-order valence-corrected chi connectivity index (χ0v) is 17.0. The fraction of sp³-hybridized carbons (Fsp3) is 0.0952. The maximum atomic E-state index is 12.8. The van der Waals surface area contributed by atoms with Gasteiger partial charge >= 0.3 is 12.1 Å². The van der Waals surface area contributed by atoms with Crippen LogP contribution in [0.15, 0.2) is 59.2 Å². The van der Waals surface area contributed by atoms with E-state index in [4.69, 9.17) is 0 Å². The Bertz CT molecular complexity index is 1280. The third-order valence-corrected chi connectivity index (χ3v) is 5.22. The summed E-state index contributed by atoms with van der Waals surface area (Å²) in [6, 6.07) is 11.3. The lowest BCUT2D eigenvalue weighted by molar-refractivity contribution is -0.137. The standard InChI is InChI=1S/C21H13BrF3N3O2/c1-11-17(10-26-28(11)14-5-2-12(3-6-14)21(23,24)25)19-9-16(20(29)30)15-8-13(22)4-7-18(15)27-19/h2-10H,1H3,(H,29,30). The number of aromatic nitrogens is 3. The molecule has 152 valence electrons. The van der Waals surface area contributed by atoms with E-state index in [9.17, 15) is 23.1 Å². The first-order valence-electron chi connectivity index (χ1n) is 8.71. The molecule has 9 heteroatoms. The van der Waals surface area contributed by atoms with Gasteiger partial charge in [0.1, 0.15) is 0 Å². The highest BCUT2D eigenvalue weighted by Gasteiger charge is 2.30. The highest BCUT2D eigenvalue weighted by Crippen LogP contribution is 2.32. The van der Waals surface area contributed by atoms with Gasteiger partial charge in [0.05, 0.1) is 39.9 Å². The van der Waals surface area contributed by atoms with Gasteiger partial charge in [-0.2, -0.15) is 18.3 Å². The van der Waals surface area contributed by atoms with Crippen molar-refractivity contribution in [1.82, 2.24) is 14.8 Å². The number of carboxylic acids is 1. The molecule has 2 aromatic carbocycles. The molecule has 0 aliphatic heterocycles. The van der Waals surface area contributed by atoms with E-state index in [1.807, 2.05) is 0 Å². The molecule has 30 heavy (non-hydrogen) atoms. The average Bonchev–Trinajstić information content (AvgIpc) is 3.08. The topological polar surface area (TPSA) is 68.0 Å². The van der Waals surface area contributed by atoms with E-state index in [1.165, 1.54) is 29.1 Å². The van der Waals surface area contributed by atoms with Gasteiger partial charge in [0.2, 0.25) is 0 Å². The summed E-state index contributed by atoms with van der Waals surface area (Å²) in [5, 5.41) is 14.4. The molecule has 0 spiro atoms. The number of carbonyl (C=O) groups is 1. The van der Waals surface area contributed by atoms with Crippen LogP contribution in [-0.4, -0.2) is 25.8 Å². The molecule has 0 saturated heterocycles. The van der Waals surface area contributed by atoms with E-state index in [-0.39, 0.29) is 5.56 Å². The van der Waals surface area contributed by atoms with E-state index in [1.54, 1.807) is 25.1 Å². The van der Waals surface area contributed by atoms with Gasteiger partial charge in [-0.1, -0.05) is 15.9 Å². The molecule has 0 aliphatic rings. The third kappa shape index (κ3) is 3.56. The Morgan fingerprint density at radius 1 is 1.10 bits per heavy atom. The van der Waals surface area contributed by atoms with Gasteiger partial charge in [0.15, 0.2) is 0 Å². The summed E-state index contributed by atoms with van der Waals surface area (Å²) >= 11 is 3.33. The van der Waals surface area contributed by atoms with Crippen LogP contribution >= 0.6 is 15.9 Å². The quantitative estimate of drug-likeness (QED) is 0.402. The van der Waals surface area contributed by atoms with Crippen LogP contribution in [0.2, 0.25) is 0 Å². The fourth-order valence-corrected chi connectivity index (χ4v) is 3.59. The Hall–Kier alpha value is -3.20. The van der Waals surface area contributed by atoms with Crippen molar-refractivity contribution >= 4 is 32.8 Å². The van der Waals surface area contributed by atoms with E-state index in [0.717, 1.165) is 16.6 Å². The number of fused-ring (bicyclic) bond motifs is 1. The van der Waals surface area contributed by atoms with Crippen molar-refractivity contribution in [3.05, 3.63) is 76.0 Å². The molecule has 4 aromatic rings. The first kappa shape index (κ1) is 20.1. The molecule has 0 radical (unpaired) electrons. The van der Waals surface area contributed by atoms with E-state index in [2.05, 4.69) is 26.0 Å². The van der Waals surface area contributed by atoms with Crippen LogP contribution in [0.1, 0.15) is 21.6 Å². The average molecular weight is 476 g/mol. The van der Waals surface area contributed by atoms with E-state index >= 15 is 0 Å². The van der Waals surface area contributed by atoms with Gasteiger partial charge in [-0.05, 0) is 55.5 Å². The number of halogens is 4. The monoisotopic (exact) mass is 475 g/mol. The Morgan fingerprint density at radius 3 is 2.43 bits per heavy atom. The normalized spacial score (nSPS) is 11.8. The number of rotatable bonds is 3. The fourth-order valence-electron chi connectivity index (χ4n) is 3.23. The van der Waals surface area contributed by atoms with Crippen molar-refractivity contribution in [2.45, 2.75) is 13.1 Å². The molecular formula is C21H13BrF3N3O2. The lowest BCUT2D eigenvalue weighted by Crippen LogP contribution is -2.06. The van der Waals surface area contributed by atoms with Gasteiger partial charge in [0, 0.05) is 15.4 Å². The van der Waals surface area contributed by atoms with Gasteiger partial charge < -0.3 is 5.11 Å². The minimum Gasteiger partial charge on any atom is -0.478 e. The number of pyridine rings is 1. The third-order valence-electron chi connectivity index (χ3n) is 4.73. The SMILES string of the molecule is Cc1c(-c2cc(C(=O)O)c3cc(Br)ccc3n2)cnn1-c1ccc(C(F)(F)F)cc1. The summed E-state index contributed by atoms with van der Waals surface area (Å²) in [6.45, 7) is 1.74. The molecule has 0 aliphatic carbocycles. The highest BCUT2D eigenvalue weighted by molar-refractivity contribution is 9.10. The number of hydrogen-bond acceptors (Lipinski definition) is 3. The highest BCUT2D eigenvalue weighted by atomic mass is 79.9. The van der Waals surface area contributed by atoms with Crippen LogP contribution in [0.25, 0.3) is 27.8 Å². The smallest absolute Gasteiger partial charge is 0.416 e. The predicted octanol–water partition coefficient (Wildman–Crippen LogP) is 5.88. The molecule has 0 fully saturated rings. The number of hydrogen-bond donors (Lipinski definition) is 1.